The Labute approximate surface area is 212 Å². The fourth-order valence-electron chi connectivity index (χ4n) is 3.71. The number of carbonyl (C=O) groups excluding carboxylic acids is 1. The number of ether oxygens (including phenoxy) is 1. The number of hydrogen-bond acceptors (Lipinski definition) is 6. The number of amides is 1. The van der Waals surface area contributed by atoms with Crippen molar-refractivity contribution in [1.82, 2.24) is 0 Å². The van der Waals surface area contributed by atoms with Crippen molar-refractivity contribution >= 4 is 51.7 Å². The lowest BCUT2D eigenvalue weighted by molar-refractivity contribution is -0.137. The van der Waals surface area contributed by atoms with E-state index in [-0.39, 0.29) is 10.9 Å². The fraction of sp³-hybridized carbons (Fsp3) is 0.120. The van der Waals surface area contributed by atoms with Crippen LogP contribution in [-0.2, 0) is 11.0 Å². The van der Waals surface area contributed by atoms with Gasteiger partial charge in [-0.25, -0.2) is 9.38 Å². The smallest absolute Gasteiger partial charge is 0.416 e. The third-order valence-electron chi connectivity index (χ3n) is 5.50. The normalized spacial score (nSPS) is 18.8. The van der Waals surface area contributed by atoms with Gasteiger partial charge in [-0.15, -0.1) is 0 Å². The molecule has 0 atom stereocenters. The van der Waals surface area contributed by atoms with E-state index in [1.165, 1.54) is 53.1 Å². The lowest BCUT2D eigenvalue weighted by atomic mass is 10.2. The van der Waals surface area contributed by atoms with E-state index in [1.807, 2.05) is 30.1 Å². The average molecular weight is 532 g/mol. The third-order valence-corrected chi connectivity index (χ3v) is 7.89. The Morgan fingerprint density at radius 3 is 2.42 bits per heavy atom. The molecule has 0 N–H and O–H groups in total. The molecule has 36 heavy (non-hydrogen) atoms. The summed E-state index contributed by atoms with van der Waals surface area (Å²) < 4.78 is 58.6. The number of carbonyl (C=O) groups is 1. The van der Waals surface area contributed by atoms with Crippen molar-refractivity contribution in [3.05, 3.63) is 88.0 Å². The van der Waals surface area contributed by atoms with E-state index in [9.17, 15) is 22.4 Å². The minimum atomic E-state index is -4.53. The van der Waals surface area contributed by atoms with Gasteiger partial charge in [0.15, 0.2) is 5.17 Å². The molecule has 3 aromatic rings. The number of hydrogen-bond donors (Lipinski definition) is 0. The summed E-state index contributed by atoms with van der Waals surface area (Å²) in [5.41, 5.74) is 0.395. The van der Waals surface area contributed by atoms with Gasteiger partial charge in [-0.2, -0.15) is 13.2 Å². The molecule has 2 aliphatic heterocycles. The maximum Gasteiger partial charge on any atom is 0.416 e. The van der Waals surface area contributed by atoms with Crippen LogP contribution in [0.15, 0.2) is 86.6 Å². The maximum atomic E-state index is 13.7. The van der Waals surface area contributed by atoms with Crippen molar-refractivity contribution < 1.29 is 27.1 Å². The number of alkyl halides is 3. The van der Waals surface area contributed by atoms with Crippen molar-refractivity contribution in [3.63, 3.8) is 0 Å². The second kappa shape index (κ2) is 9.21. The number of amidine groups is 1. The standard InChI is InChI=1S/C25H17F4N3O2S2/c1-31-19-13-18(34-2)10-11-20(19)35-23(31)21-22(33)32(17-8-6-15(26)7-9-17)24(36-21)30-16-5-3-4-14(12-16)25(27,28)29/h3-13H,1-2H3. The summed E-state index contributed by atoms with van der Waals surface area (Å²) in [5, 5.41) is 0.811. The predicted molar refractivity (Wildman–Crippen MR) is 134 cm³/mol. The zero-order valence-corrected chi connectivity index (χ0v) is 20.5. The van der Waals surface area contributed by atoms with Crippen molar-refractivity contribution in [3.8, 4) is 5.75 Å². The van der Waals surface area contributed by atoms with Crippen molar-refractivity contribution in [2.45, 2.75) is 11.1 Å². The molecule has 5 nitrogen and oxygen atoms in total. The molecule has 0 aliphatic carbocycles. The topological polar surface area (TPSA) is 45.1 Å². The minimum absolute atomic E-state index is 0.0407. The Hall–Kier alpha value is -3.44. The van der Waals surface area contributed by atoms with Gasteiger partial charge in [0.1, 0.15) is 16.5 Å². The van der Waals surface area contributed by atoms with E-state index < -0.39 is 23.5 Å². The van der Waals surface area contributed by atoms with E-state index in [0.29, 0.717) is 21.4 Å². The average Bonchev–Trinajstić information content (AvgIpc) is 3.35. The second-order valence-corrected chi connectivity index (χ2v) is 9.80. The molecule has 11 heteroatoms. The lowest BCUT2D eigenvalue weighted by Gasteiger charge is -2.17. The number of thioether (sulfide) groups is 2. The van der Waals surface area contributed by atoms with Crippen LogP contribution in [0.4, 0.5) is 34.6 Å². The molecule has 1 amide bonds. The van der Waals surface area contributed by atoms with E-state index >= 15 is 0 Å². The zero-order valence-electron chi connectivity index (χ0n) is 18.8. The highest BCUT2D eigenvalue weighted by atomic mass is 32.2. The molecule has 3 aromatic carbocycles. The van der Waals surface area contributed by atoms with Crippen LogP contribution < -0.4 is 14.5 Å². The van der Waals surface area contributed by atoms with Gasteiger partial charge in [0.25, 0.3) is 5.91 Å². The van der Waals surface area contributed by atoms with Crippen molar-refractivity contribution in [2.24, 2.45) is 4.99 Å². The Bertz CT molecular complexity index is 1420. The number of nitrogens with zero attached hydrogens (tertiary/aromatic N) is 3. The number of methoxy groups -OCH3 is 1. The summed E-state index contributed by atoms with van der Waals surface area (Å²) in [6, 6.07) is 15.4. The number of anilines is 2. The number of aliphatic imine (C=N–C) groups is 1. The molecule has 1 fully saturated rings. The highest BCUT2D eigenvalue weighted by Gasteiger charge is 2.40. The molecule has 0 spiro atoms. The van der Waals surface area contributed by atoms with Crippen LogP contribution in [0.1, 0.15) is 5.56 Å². The largest absolute Gasteiger partial charge is 0.497 e. The summed E-state index contributed by atoms with van der Waals surface area (Å²) in [6.07, 6.45) is -4.53. The summed E-state index contributed by atoms with van der Waals surface area (Å²) in [6.45, 7) is 0. The molecule has 1 saturated heterocycles. The molecule has 0 saturated carbocycles. The van der Waals surface area contributed by atoms with E-state index in [1.54, 1.807) is 7.11 Å². The van der Waals surface area contributed by atoms with Gasteiger partial charge in [0.2, 0.25) is 0 Å². The molecule has 5 rings (SSSR count). The van der Waals surface area contributed by atoms with Crippen LogP contribution in [-0.4, -0.2) is 25.2 Å². The van der Waals surface area contributed by atoms with Crippen LogP contribution in [0.25, 0.3) is 0 Å². The lowest BCUT2D eigenvalue weighted by Crippen LogP contribution is -2.29. The van der Waals surface area contributed by atoms with Gasteiger partial charge < -0.3 is 9.64 Å². The minimum Gasteiger partial charge on any atom is -0.497 e. The first-order valence-corrected chi connectivity index (χ1v) is 12.2. The highest BCUT2D eigenvalue weighted by molar-refractivity contribution is 8.20. The predicted octanol–water partition coefficient (Wildman–Crippen LogP) is 7.03. The number of fused-ring (bicyclic) bond motifs is 1. The molecule has 2 aliphatic rings. The summed E-state index contributed by atoms with van der Waals surface area (Å²) in [4.78, 5) is 22.5. The van der Waals surface area contributed by atoms with Crippen LogP contribution in [0.5, 0.6) is 5.75 Å². The highest BCUT2D eigenvalue weighted by Crippen LogP contribution is 2.51. The summed E-state index contributed by atoms with van der Waals surface area (Å²) >= 11 is 2.45. The number of halogens is 4. The van der Waals surface area contributed by atoms with Gasteiger partial charge >= 0.3 is 6.18 Å². The molecule has 0 aromatic heterocycles. The molecular formula is C25H17F4N3O2S2. The van der Waals surface area contributed by atoms with Crippen molar-refractivity contribution in [1.29, 1.82) is 0 Å². The first kappa shape index (κ1) is 24.3. The quantitative estimate of drug-likeness (QED) is 0.268. The molecule has 184 valence electrons. The molecule has 0 unspecified atom stereocenters. The number of benzene rings is 3. The van der Waals surface area contributed by atoms with E-state index in [4.69, 9.17) is 4.74 Å². The van der Waals surface area contributed by atoms with E-state index in [2.05, 4.69) is 4.99 Å². The Morgan fingerprint density at radius 2 is 1.72 bits per heavy atom. The van der Waals surface area contributed by atoms with Gasteiger partial charge in [-0.05, 0) is 66.4 Å². The first-order valence-electron chi connectivity index (χ1n) is 10.5. The Balaban J connectivity index is 1.60. The molecule has 0 bridgehead atoms. The zero-order chi connectivity index (χ0) is 25.6. The maximum absolute atomic E-state index is 13.7. The summed E-state index contributed by atoms with van der Waals surface area (Å²) in [5.74, 6) is -0.229. The van der Waals surface area contributed by atoms with Crippen LogP contribution >= 0.6 is 23.5 Å². The summed E-state index contributed by atoms with van der Waals surface area (Å²) in [7, 11) is 3.38. The molecular weight excluding hydrogens is 514 g/mol. The first-order chi connectivity index (χ1) is 17.2. The second-order valence-electron chi connectivity index (χ2n) is 7.79. The molecule has 2 heterocycles. The fourth-order valence-corrected chi connectivity index (χ4v) is 6.04. The van der Waals surface area contributed by atoms with Crippen LogP contribution in [0, 0.1) is 5.82 Å². The SMILES string of the molecule is COc1ccc2c(c1)N(C)C(=C1SC(=Nc3cccc(C(F)(F)F)c3)N(c3ccc(F)cc3)C1=O)S2. The Morgan fingerprint density at radius 1 is 0.972 bits per heavy atom. The van der Waals surface area contributed by atoms with Crippen LogP contribution in [0.2, 0.25) is 0 Å². The van der Waals surface area contributed by atoms with Crippen molar-refractivity contribution in [2.75, 3.05) is 24.0 Å². The molecule has 0 radical (unpaired) electrons. The van der Waals surface area contributed by atoms with Gasteiger partial charge in [-0.3, -0.25) is 9.69 Å². The van der Waals surface area contributed by atoms with E-state index in [0.717, 1.165) is 34.5 Å². The van der Waals surface area contributed by atoms with Gasteiger partial charge in [0.05, 0.1) is 34.8 Å². The van der Waals surface area contributed by atoms with Gasteiger partial charge in [-0.1, -0.05) is 17.8 Å². The Kier molecular flexibility index (Phi) is 6.21. The van der Waals surface area contributed by atoms with Crippen LogP contribution in [0.3, 0.4) is 0 Å². The van der Waals surface area contributed by atoms with Gasteiger partial charge in [0, 0.05) is 18.0 Å². The monoisotopic (exact) mass is 531 g/mol. The third kappa shape index (κ3) is 4.44. The number of rotatable bonds is 3.